The normalized spacial score (nSPS) is 19.9. The molecule has 0 spiro atoms. The first kappa shape index (κ1) is 16.8. The molecule has 1 N–H and O–H groups in total. The van der Waals surface area contributed by atoms with E-state index >= 15 is 0 Å². The number of halogens is 1. The number of nitrogens with one attached hydrogen (secondary N) is 1. The molecule has 2 saturated heterocycles. The van der Waals surface area contributed by atoms with Gasteiger partial charge in [0.25, 0.3) is 5.91 Å². The lowest BCUT2D eigenvalue weighted by molar-refractivity contribution is 0.0721. The first-order valence-electron chi connectivity index (χ1n) is 8.63. The average molecular weight is 375 g/mol. The summed E-state index contributed by atoms with van der Waals surface area (Å²) in [6.45, 7) is 2.46. The third-order valence-corrected chi connectivity index (χ3v) is 5.19. The number of carbonyl (C=O) groups excluding carboxylic acids is 2. The number of hydrogen-bond acceptors (Lipinski definition) is 4. The number of hydrogen-bond donors (Lipinski definition) is 1. The Morgan fingerprint density at radius 2 is 2.23 bits per heavy atom. The zero-order chi connectivity index (χ0) is 18.1. The number of rotatable bonds is 4. The van der Waals surface area contributed by atoms with Crippen LogP contribution in [0.5, 0.6) is 0 Å². The first-order valence-corrected chi connectivity index (χ1v) is 9.01. The predicted octanol–water partition coefficient (Wildman–Crippen LogP) is 1.77. The van der Waals surface area contributed by atoms with Crippen molar-refractivity contribution in [2.24, 2.45) is 0 Å². The van der Waals surface area contributed by atoms with Gasteiger partial charge in [-0.3, -0.25) is 14.4 Å². The number of anilines is 1. The quantitative estimate of drug-likeness (QED) is 0.884. The van der Waals surface area contributed by atoms with E-state index in [1.165, 1.54) is 0 Å². The van der Waals surface area contributed by atoms with Crippen LogP contribution in [-0.2, 0) is 6.54 Å². The molecule has 0 saturated carbocycles. The molecule has 8 nitrogen and oxygen atoms in total. The lowest BCUT2D eigenvalue weighted by Crippen LogP contribution is -2.38. The summed E-state index contributed by atoms with van der Waals surface area (Å²) in [4.78, 5) is 28.5. The minimum absolute atomic E-state index is 0.0546. The van der Waals surface area contributed by atoms with Gasteiger partial charge in [0.05, 0.1) is 29.4 Å². The maximum Gasteiger partial charge on any atom is 0.321 e. The second-order valence-corrected chi connectivity index (χ2v) is 6.87. The van der Waals surface area contributed by atoms with Crippen molar-refractivity contribution >= 4 is 29.2 Å². The molecule has 1 atom stereocenters. The van der Waals surface area contributed by atoms with Crippen molar-refractivity contribution in [3.05, 3.63) is 41.2 Å². The van der Waals surface area contributed by atoms with E-state index in [-0.39, 0.29) is 18.0 Å². The van der Waals surface area contributed by atoms with Gasteiger partial charge < -0.3 is 10.2 Å². The van der Waals surface area contributed by atoms with Gasteiger partial charge >= 0.3 is 6.03 Å². The molecular weight excluding hydrogens is 356 g/mol. The van der Waals surface area contributed by atoms with E-state index in [4.69, 9.17) is 11.6 Å². The van der Waals surface area contributed by atoms with Crippen LogP contribution in [0.4, 0.5) is 10.5 Å². The van der Waals surface area contributed by atoms with Crippen LogP contribution in [0.3, 0.4) is 0 Å². The topological polar surface area (TPSA) is 83.4 Å². The van der Waals surface area contributed by atoms with Crippen molar-refractivity contribution in [3.8, 4) is 0 Å². The summed E-state index contributed by atoms with van der Waals surface area (Å²) in [6, 6.07) is 5.05. The summed E-state index contributed by atoms with van der Waals surface area (Å²) < 4.78 is 1.74. The fraction of sp³-hybridized carbons (Fsp3) is 0.412. The third-order valence-electron chi connectivity index (χ3n) is 4.86. The molecule has 2 aliphatic rings. The fourth-order valence-electron chi connectivity index (χ4n) is 3.56. The second kappa shape index (κ2) is 6.95. The lowest BCUT2D eigenvalue weighted by atomic mass is 10.1. The number of urea groups is 1. The van der Waals surface area contributed by atoms with E-state index in [1.807, 2.05) is 4.90 Å². The van der Waals surface area contributed by atoms with Gasteiger partial charge in [0.1, 0.15) is 0 Å². The molecule has 136 valence electrons. The number of nitrogens with zero attached hydrogens (tertiary/aromatic N) is 5. The standard InChI is InChI=1S/C17H19ClN6O2/c18-15-4-3-12(24-9-5-19-17(24)26)10-14(15)16(25)23-7-1-2-13(23)11-22-8-6-20-21-22/h3-4,6,8,10,13H,1-2,5,7,9,11H2,(H,19,26)/t13-/m0/s1. The Labute approximate surface area is 155 Å². The molecule has 26 heavy (non-hydrogen) atoms. The van der Waals surface area contributed by atoms with Crippen molar-refractivity contribution in [2.75, 3.05) is 24.5 Å². The molecule has 3 amide bonds. The van der Waals surface area contributed by atoms with Gasteiger partial charge in [-0.15, -0.1) is 5.10 Å². The summed E-state index contributed by atoms with van der Waals surface area (Å²) in [5, 5.41) is 11.0. The minimum atomic E-state index is -0.157. The summed E-state index contributed by atoms with van der Waals surface area (Å²) in [5.74, 6) is -0.112. The van der Waals surface area contributed by atoms with Crippen molar-refractivity contribution in [1.29, 1.82) is 0 Å². The van der Waals surface area contributed by atoms with Crippen LogP contribution in [0, 0.1) is 0 Å². The largest absolute Gasteiger partial charge is 0.336 e. The van der Waals surface area contributed by atoms with Crippen molar-refractivity contribution in [1.82, 2.24) is 25.2 Å². The number of aromatic nitrogens is 3. The van der Waals surface area contributed by atoms with Gasteiger partial charge in [-0.25, -0.2) is 4.79 Å². The lowest BCUT2D eigenvalue weighted by Gasteiger charge is -2.25. The summed E-state index contributed by atoms with van der Waals surface area (Å²) in [5.41, 5.74) is 1.11. The van der Waals surface area contributed by atoms with E-state index in [1.54, 1.807) is 40.2 Å². The van der Waals surface area contributed by atoms with Gasteiger partial charge in [0, 0.05) is 31.5 Å². The molecule has 0 unspecified atom stereocenters. The first-order chi connectivity index (χ1) is 12.6. The van der Waals surface area contributed by atoms with Crippen LogP contribution in [0.25, 0.3) is 0 Å². The third kappa shape index (κ3) is 3.12. The maximum atomic E-state index is 13.1. The Morgan fingerprint density at radius 1 is 1.35 bits per heavy atom. The van der Waals surface area contributed by atoms with Crippen molar-refractivity contribution in [2.45, 2.75) is 25.4 Å². The van der Waals surface area contributed by atoms with E-state index in [2.05, 4.69) is 15.6 Å². The molecular formula is C17H19ClN6O2. The van der Waals surface area contributed by atoms with E-state index in [9.17, 15) is 9.59 Å². The number of likely N-dealkylation sites (tertiary alicyclic amines) is 1. The van der Waals surface area contributed by atoms with E-state index < -0.39 is 0 Å². The van der Waals surface area contributed by atoms with Gasteiger partial charge in [0.15, 0.2) is 0 Å². The molecule has 2 aliphatic heterocycles. The van der Waals surface area contributed by atoms with E-state index in [0.717, 1.165) is 12.8 Å². The smallest absolute Gasteiger partial charge is 0.321 e. The number of benzene rings is 1. The zero-order valence-corrected chi connectivity index (χ0v) is 14.9. The highest BCUT2D eigenvalue weighted by Gasteiger charge is 2.31. The summed E-state index contributed by atoms with van der Waals surface area (Å²) in [7, 11) is 0. The minimum Gasteiger partial charge on any atom is -0.336 e. The monoisotopic (exact) mass is 374 g/mol. The molecule has 0 aliphatic carbocycles. The molecule has 3 heterocycles. The van der Waals surface area contributed by atoms with Crippen LogP contribution in [-0.4, -0.2) is 57.5 Å². The molecule has 2 aromatic rings. The number of amides is 3. The summed E-state index contributed by atoms with van der Waals surface area (Å²) >= 11 is 6.31. The predicted molar refractivity (Wildman–Crippen MR) is 96.3 cm³/mol. The highest BCUT2D eigenvalue weighted by atomic mass is 35.5. The molecule has 2 fully saturated rings. The maximum absolute atomic E-state index is 13.1. The molecule has 0 radical (unpaired) electrons. The fourth-order valence-corrected chi connectivity index (χ4v) is 3.76. The Balaban J connectivity index is 1.57. The van der Waals surface area contributed by atoms with Crippen LogP contribution in [0.15, 0.2) is 30.6 Å². The number of carbonyl (C=O) groups is 2. The van der Waals surface area contributed by atoms with Crippen molar-refractivity contribution < 1.29 is 9.59 Å². The Kier molecular flexibility index (Phi) is 4.50. The van der Waals surface area contributed by atoms with Gasteiger partial charge in [0.2, 0.25) is 0 Å². The highest BCUT2D eigenvalue weighted by Crippen LogP contribution is 2.28. The molecule has 1 aromatic carbocycles. The van der Waals surface area contributed by atoms with Gasteiger partial charge in [-0.1, -0.05) is 16.8 Å². The van der Waals surface area contributed by atoms with Gasteiger partial charge in [-0.05, 0) is 31.0 Å². The van der Waals surface area contributed by atoms with Gasteiger partial charge in [-0.2, -0.15) is 0 Å². The summed E-state index contributed by atoms with van der Waals surface area (Å²) in [6.07, 6.45) is 5.28. The SMILES string of the molecule is O=C1NCCN1c1ccc(Cl)c(C(=O)N2CCC[C@H]2Cn2ccnn2)c1. The molecule has 0 bridgehead atoms. The van der Waals surface area contributed by atoms with Crippen LogP contribution < -0.4 is 10.2 Å². The van der Waals surface area contributed by atoms with Crippen LogP contribution >= 0.6 is 11.6 Å². The Morgan fingerprint density at radius 3 is 2.96 bits per heavy atom. The second-order valence-electron chi connectivity index (χ2n) is 6.47. The molecule has 9 heteroatoms. The Bertz CT molecular complexity index is 825. The highest BCUT2D eigenvalue weighted by molar-refractivity contribution is 6.34. The molecule has 4 rings (SSSR count). The molecule has 1 aromatic heterocycles. The van der Waals surface area contributed by atoms with Crippen molar-refractivity contribution in [3.63, 3.8) is 0 Å². The average Bonchev–Trinajstić information content (AvgIpc) is 3.38. The Hall–Kier alpha value is -2.61. The van der Waals surface area contributed by atoms with Crippen LogP contribution in [0.1, 0.15) is 23.2 Å². The van der Waals surface area contributed by atoms with E-state index in [0.29, 0.717) is 42.5 Å². The van der Waals surface area contributed by atoms with Crippen LogP contribution in [0.2, 0.25) is 5.02 Å². The zero-order valence-electron chi connectivity index (χ0n) is 14.1.